The van der Waals surface area contributed by atoms with Crippen molar-refractivity contribution in [2.24, 2.45) is 0 Å². The van der Waals surface area contributed by atoms with Gasteiger partial charge in [0.1, 0.15) is 0 Å². The maximum absolute atomic E-state index is 11.4. The van der Waals surface area contributed by atoms with Crippen LogP contribution in [0.5, 0.6) is 0 Å². The molecule has 0 spiro atoms. The molecule has 4 nitrogen and oxygen atoms in total. The fourth-order valence-electron chi connectivity index (χ4n) is 0.905. The summed E-state index contributed by atoms with van der Waals surface area (Å²) >= 11 is 5.84. The van der Waals surface area contributed by atoms with Gasteiger partial charge in [-0.15, -0.1) is 0 Å². The molecule has 0 saturated heterocycles. The smallest absolute Gasteiger partial charge is 0.251 e. The van der Waals surface area contributed by atoms with E-state index in [0.29, 0.717) is 10.7 Å². The number of carbonyl (C=O) groups excluding carboxylic acids is 1. The number of halogens is 1. The van der Waals surface area contributed by atoms with Crippen LogP contribution >= 0.6 is 11.6 Å². The zero-order valence-electron chi connectivity index (χ0n) is 8.03. The Morgan fingerprint density at radius 1 is 1.71 bits per heavy atom. The molecular weight excluding hydrogens is 204 g/mol. The topological polar surface area (TPSA) is 42.4 Å². The molecule has 1 amide bonds. The van der Waals surface area contributed by atoms with E-state index in [0.717, 1.165) is 5.06 Å². The summed E-state index contributed by atoms with van der Waals surface area (Å²) in [6.07, 6.45) is 1.74. The zero-order chi connectivity index (χ0) is 10.6. The van der Waals surface area contributed by atoms with E-state index in [1.165, 1.54) is 7.11 Å². The quantitative estimate of drug-likeness (QED) is 0.713. The minimum absolute atomic E-state index is 0.143. The van der Waals surface area contributed by atoms with Crippen molar-refractivity contribution in [1.82, 2.24) is 10.0 Å². The predicted octanol–water partition coefficient (Wildman–Crippen LogP) is 1.30. The van der Waals surface area contributed by atoms with E-state index in [1.807, 2.05) is 0 Å². The van der Waals surface area contributed by atoms with Crippen molar-refractivity contribution in [3.05, 3.63) is 29.0 Å². The molecule has 0 aromatic carbocycles. The highest BCUT2D eigenvalue weighted by molar-refractivity contribution is 6.31. The summed E-state index contributed by atoms with van der Waals surface area (Å²) in [5, 5.41) is 1.63. The third-order valence-corrected chi connectivity index (χ3v) is 2.12. The first-order chi connectivity index (χ1) is 6.65. The Kier molecular flexibility index (Phi) is 3.85. The van der Waals surface area contributed by atoms with Crippen molar-refractivity contribution in [1.29, 1.82) is 0 Å². The zero-order valence-corrected chi connectivity index (χ0v) is 8.78. The van der Waals surface area contributed by atoms with Crippen LogP contribution in [0.2, 0.25) is 5.02 Å². The van der Waals surface area contributed by atoms with Gasteiger partial charge in [0.25, 0.3) is 5.91 Å². The van der Waals surface area contributed by atoms with Crippen LogP contribution in [0.25, 0.3) is 0 Å². The van der Waals surface area contributed by atoms with Crippen LogP contribution in [-0.4, -0.2) is 30.1 Å². The lowest BCUT2D eigenvalue weighted by molar-refractivity contribution is -0.167. The predicted molar refractivity (Wildman–Crippen MR) is 52.7 cm³/mol. The standard InChI is InChI=1S/C9H11ClN2O2/c1-12(14-2)9(13)6-8-7(10)4-3-5-11-8/h3-5H,6H2,1-2H3. The summed E-state index contributed by atoms with van der Waals surface area (Å²) in [6, 6.07) is 3.42. The Labute approximate surface area is 87.4 Å². The van der Waals surface area contributed by atoms with Gasteiger partial charge in [-0.25, -0.2) is 5.06 Å². The van der Waals surface area contributed by atoms with Gasteiger partial charge in [0.2, 0.25) is 0 Å². The minimum Gasteiger partial charge on any atom is -0.275 e. The van der Waals surface area contributed by atoms with Crippen molar-refractivity contribution in [3.63, 3.8) is 0 Å². The van der Waals surface area contributed by atoms with Gasteiger partial charge in [-0.2, -0.15) is 0 Å². The van der Waals surface area contributed by atoms with Crippen molar-refractivity contribution in [3.8, 4) is 0 Å². The molecule has 1 heterocycles. The van der Waals surface area contributed by atoms with Crippen LogP contribution in [0.4, 0.5) is 0 Å². The average molecular weight is 215 g/mol. The van der Waals surface area contributed by atoms with Crippen molar-refractivity contribution in [2.45, 2.75) is 6.42 Å². The van der Waals surface area contributed by atoms with Crippen LogP contribution in [0, 0.1) is 0 Å². The second-order valence-corrected chi connectivity index (χ2v) is 3.09. The van der Waals surface area contributed by atoms with Crippen molar-refractivity contribution in [2.75, 3.05) is 14.2 Å². The summed E-state index contributed by atoms with van der Waals surface area (Å²) in [7, 11) is 2.97. The largest absolute Gasteiger partial charge is 0.275 e. The maximum Gasteiger partial charge on any atom is 0.251 e. The number of hydroxylamine groups is 2. The van der Waals surface area contributed by atoms with E-state index in [4.69, 9.17) is 16.4 Å². The summed E-state index contributed by atoms with van der Waals surface area (Å²) in [6.45, 7) is 0. The SMILES string of the molecule is CON(C)C(=O)Cc1ncccc1Cl. The highest BCUT2D eigenvalue weighted by atomic mass is 35.5. The highest BCUT2D eigenvalue weighted by Crippen LogP contribution is 2.13. The molecule has 0 atom stereocenters. The van der Waals surface area contributed by atoms with Crippen molar-refractivity contribution >= 4 is 17.5 Å². The Balaban J connectivity index is 2.70. The molecule has 1 rings (SSSR count). The summed E-state index contributed by atoms with van der Waals surface area (Å²) in [4.78, 5) is 20.1. The number of pyridine rings is 1. The van der Waals surface area contributed by atoms with Gasteiger partial charge < -0.3 is 0 Å². The number of hydrogen-bond donors (Lipinski definition) is 0. The number of nitrogens with zero attached hydrogens (tertiary/aromatic N) is 2. The molecule has 0 saturated carbocycles. The van der Waals surface area contributed by atoms with Crippen LogP contribution in [0.3, 0.4) is 0 Å². The fourth-order valence-corrected chi connectivity index (χ4v) is 1.09. The molecular formula is C9H11ClN2O2. The molecule has 0 fully saturated rings. The van der Waals surface area contributed by atoms with Gasteiger partial charge in [-0.05, 0) is 12.1 Å². The van der Waals surface area contributed by atoms with E-state index in [1.54, 1.807) is 25.4 Å². The van der Waals surface area contributed by atoms with E-state index in [2.05, 4.69) is 4.98 Å². The first-order valence-corrected chi connectivity index (χ1v) is 4.43. The molecule has 5 heteroatoms. The van der Waals surface area contributed by atoms with Crippen LogP contribution < -0.4 is 0 Å². The lowest BCUT2D eigenvalue weighted by Gasteiger charge is -2.13. The molecule has 76 valence electrons. The fraction of sp³-hybridized carbons (Fsp3) is 0.333. The molecule has 14 heavy (non-hydrogen) atoms. The van der Waals surface area contributed by atoms with Crippen LogP contribution in [-0.2, 0) is 16.1 Å². The molecule has 1 aromatic heterocycles. The Bertz CT molecular complexity index is 330. The van der Waals surface area contributed by atoms with Crippen LogP contribution in [0.15, 0.2) is 18.3 Å². The number of rotatable bonds is 3. The highest BCUT2D eigenvalue weighted by Gasteiger charge is 2.11. The van der Waals surface area contributed by atoms with Crippen molar-refractivity contribution < 1.29 is 9.63 Å². The molecule has 0 radical (unpaired) electrons. The summed E-state index contributed by atoms with van der Waals surface area (Å²) in [5.41, 5.74) is 0.558. The van der Waals surface area contributed by atoms with E-state index >= 15 is 0 Å². The molecule has 0 aliphatic heterocycles. The number of aromatic nitrogens is 1. The van der Waals surface area contributed by atoms with Gasteiger partial charge in [0, 0.05) is 13.2 Å². The second kappa shape index (κ2) is 4.93. The van der Waals surface area contributed by atoms with Crippen LogP contribution in [0.1, 0.15) is 5.69 Å². The lowest BCUT2D eigenvalue weighted by atomic mass is 10.2. The molecule has 0 aliphatic carbocycles. The Morgan fingerprint density at radius 2 is 2.43 bits per heavy atom. The van der Waals surface area contributed by atoms with E-state index in [-0.39, 0.29) is 12.3 Å². The number of hydrogen-bond acceptors (Lipinski definition) is 3. The lowest BCUT2D eigenvalue weighted by Crippen LogP contribution is -2.27. The molecule has 0 aliphatic rings. The first-order valence-electron chi connectivity index (χ1n) is 4.05. The normalized spacial score (nSPS) is 9.93. The third-order valence-electron chi connectivity index (χ3n) is 1.78. The first kappa shape index (κ1) is 10.9. The number of amides is 1. The maximum atomic E-state index is 11.4. The average Bonchev–Trinajstić information content (AvgIpc) is 2.20. The van der Waals surface area contributed by atoms with Gasteiger partial charge in [-0.3, -0.25) is 14.6 Å². The molecule has 0 unspecified atom stereocenters. The van der Waals surface area contributed by atoms with Gasteiger partial charge in [0.05, 0.1) is 24.2 Å². The summed E-state index contributed by atoms with van der Waals surface area (Å²) < 4.78 is 0. The Hall–Kier alpha value is -1.13. The second-order valence-electron chi connectivity index (χ2n) is 2.68. The van der Waals surface area contributed by atoms with E-state index < -0.39 is 0 Å². The van der Waals surface area contributed by atoms with Gasteiger partial charge in [-0.1, -0.05) is 11.6 Å². The third kappa shape index (κ3) is 2.68. The molecule has 0 bridgehead atoms. The summed E-state index contributed by atoms with van der Waals surface area (Å²) in [5.74, 6) is -0.187. The number of likely N-dealkylation sites (N-methyl/N-ethyl adjacent to an activating group) is 1. The molecule has 0 N–H and O–H groups in total. The Morgan fingerprint density at radius 3 is 3.00 bits per heavy atom. The molecule has 1 aromatic rings. The minimum atomic E-state index is -0.187. The van der Waals surface area contributed by atoms with Gasteiger partial charge in [0.15, 0.2) is 0 Å². The van der Waals surface area contributed by atoms with E-state index in [9.17, 15) is 4.79 Å². The number of carbonyl (C=O) groups is 1. The monoisotopic (exact) mass is 214 g/mol. The van der Waals surface area contributed by atoms with Gasteiger partial charge >= 0.3 is 0 Å².